The summed E-state index contributed by atoms with van der Waals surface area (Å²) in [5.41, 5.74) is 1.16. The van der Waals surface area contributed by atoms with Gasteiger partial charge in [0.1, 0.15) is 11.9 Å². The van der Waals surface area contributed by atoms with E-state index in [1.807, 2.05) is 14.0 Å². The van der Waals surface area contributed by atoms with Crippen molar-refractivity contribution in [3.8, 4) is 0 Å². The normalized spacial score (nSPS) is 12.9. The number of alkyl carbamates (subject to hydrolysis) is 1. The summed E-state index contributed by atoms with van der Waals surface area (Å²) in [5.74, 6) is 0. The Morgan fingerprint density at radius 1 is 1.58 bits per heavy atom. The van der Waals surface area contributed by atoms with E-state index in [0.717, 1.165) is 17.5 Å². The predicted molar refractivity (Wildman–Crippen MR) is 70.7 cm³/mol. The zero-order chi connectivity index (χ0) is 14.6. The van der Waals surface area contributed by atoms with Crippen LogP contribution >= 0.6 is 0 Å². The number of carbonyl (C=O) groups excluding carboxylic acids is 2. The van der Waals surface area contributed by atoms with E-state index >= 15 is 0 Å². The van der Waals surface area contributed by atoms with Gasteiger partial charge in [-0.2, -0.15) is 5.10 Å². The molecule has 0 aliphatic carbocycles. The smallest absolute Gasteiger partial charge is 0.408 e. The molecule has 6 heteroatoms. The average molecular weight is 267 g/mol. The molecule has 1 N–H and O–H groups in total. The van der Waals surface area contributed by atoms with Crippen LogP contribution in [0.1, 0.15) is 44.5 Å². The minimum atomic E-state index is -0.570. The van der Waals surface area contributed by atoms with Crippen LogP contribution in [0.4, 0.5) is 4.79 Å². The fourth-order valence-electron chi connectivity index (χ4n) is 1.67. The number of hydrogen-bond donors (Lipinski definition) is 1. The van der Waals surface area contributed by atoms with Crippen molar-refractivity contribution in [2.24, 2.45) is 7.05 Å². The second-order valence-corrected chi connectivity index (χ2v) is 5.41. The quantitative estimate of drug-likeness (QED) is 0.845. The van der Waals surface area contributed by atoms with Gasteiger partial charge < -0.3 is 14.8 Å². The number of hydrogen-bond acceptors (Lipinski definition) is 4. The Kier molecular flexibility index (Phi) is 4.69. The Balaban J connectivity index is 2.82. The molecule has 1 atom stereocenters. The van der Waals surface area contributed by atoms with E-state index in [1.54, 1.807) is 31.6 Å². The molecule has 6 nitrogen and oxygen atoms in total. The minimum absolute atomic E-state index is 0.186. The maximum absolute atomic E-state index is 11.8. The van der Waals surface area contributed by atoms with Crippen LogP contribution in [-0.4, -0.2) is 27.8 Å². The summed E-state index contributed by atoms with van der Waals surface area (Å²) < 4.78 is 6.89. The van der Waals surface area contributed by atoms with Crippen LogP contribution < -0.4 is 5.32 Å². The van der Waals surface area contributed by atoms with E-state index in [0.29, 0.717) is 0 Å². The van der Waals surface area contributed by atoms with Crippen molar-refractivity contribution in [2.45, 2.75) is 45.8 Å². The predicted octanol–water partition coefficient (Wildman–Crippen LogP) is 1.88. The number of ether oxygens (including phenoxy) is 1. The maximum Gasteiger partial charge on any atom is 0.408 e. The molecule has 1 rings (SSSR count). The molecule has 0 spiro atoms. The molecule has 0 saturated carbocycles. The first-order valence-electron chi connectivity index (χ1n) is 6.16. The SMILES string of the molecule is Cc1c([C@H](CC=O)NC(=O)OC(C)(C)C)cnn1C. The molecule has 0 saturated heterocycles. The Morgan fingerprint density at radius 2 is 2.21 bits per heavy atom. The second kappa shape index (κ2) is 5.86. The van der Waals surface area contributed by atoms with Crippen LogP contribution in [0.2, 0.25) is 0 Å². The fraction of sp³-hybridized carbons (Fsp3) is 0.615. The highest BCUT2D eigenvalue weighted by Crippen LogP contribution is 2.20. The molecule has 106 valence electrons. The van der Waals surface area contributed by atoms with Crippen LogP contribution in [0.15, 0.2) is 6.20 Å². The van der Waals surface area contributed by atoms with E-state index in [4.69, 9.17) is 4.74 Å². The largest absolute Gasteiger partial charge is 0.444 e. The Hall–Kier alpha value is -1.85. The van der Waals surface area contributed by atoms with Gasteiger partial charge in [-0.05, 0) is 27.7 Å². The zero-order valence-electron chi connectivity index (χ0n) is 12.1. The first kappa shape index (κ1) is 15.2. The first-order valence-corrected chi connectivity index (χ1v) is 6.16. The lowest BCUT2D eigenvalue weighted by Gasteiger charge is -2.22. The third-order valence-electron chi connectivity index (χ3n) is 2.67. The third-order valence-corrected chi connectivity index (χ3v) is 2.67. The molecule has 0 radical (unpaired) electrons. The molecular formula is C13H21N3O3. The third kappa shape index (κ3) is 4.39. The standard InChI is InChI=1S/C13H21N3O3/c1-9-10(8-14-16(9)5)11(6-7-17)15-12(18)19-13(2,3)4/h7-8,11H,6H2,1-5H3,(H,15,18)/t11-/m0/s1. The molecule has 1 aromatic heterocycles. The molecular weight excluding hydrogens is 246 g/mol. The van der Waals surface area contributed by atoms with E-state index in [1.165, 1.54) is 0 Å². The summed E-state index contributed by atoms with van der Waals surface area (Å²) >= 11 is 0. The average Bonchev–Trinajstić information content (AvgIpc) is 2.56. The number of amides is 1. The molecule has 0 aliphatic heterocycles. The van der Waals surface area contributed by atoms with Gasteiger partial charge in [0, 0.05) is 24.7 Å². The van der Waals surface area contributed by atoms with Crippen molar-refractivity contribution in [3.63, 3.8) is 0 Å². The number of aryl methyl sites for hydroxylation is 1. The number of nitrogens with one attached hydrogen (secondary N) is 1. The highest BCUT2D eigenvalue weighted by Gasteiger charge is 2.22. The highest BCUT2D eigenvalue weighted by molar-refractivity contribution is 5.69. The van der Waals surface area contributed by atoms with Gasteiger partial charge in [-0.1, -0.05) is 0 Å². The van der Waals surface area contributed by atoms with Crippen LogP contribution in [0, 0.1) is 6.92 Å². The summed E-state index contributed by atoms with van der Waals surface area (Å²) in [6, 6.07) is -0.416. The van der Waals surface area contributed by atoms with Gasteiger partial charge in [0.2, 0.25) is 0 Å². The summed E-state index contributed by atoms with van der Waals surface area (Å²) in [6.45, 7) is 7.25. The van der Waals surface area contributed by atoms with Crippen LogP contribution in [0.25, 0.3) is 0 Å². The molecule has 0 aliphatic rings. The molecule has 1 amide bonds. The van der Waals surface area contributed by atoms with E-state index in [-0.39, 0.29) is 6.42 Å². The van der Waals surface area contributed by atoms with Gasteiger partial charge in [-0.15, -0.1) is 0 Å². The van der Waals surface area contributed by atoms with Gasteiger partial charge in [-0.3, -0.25) is 4.68 Å². The van der Waals surface area contributed by atoms with E-state index < -0.39 is 17.7 Å². The second-order valence-electron chi connectivity index (χ2n) is 5.41. The molecule has 0 fully saturated rings. The van der Waals surface area contributed by atoms with Crippen molar-refractivity contribution >= 4 is 12.4 Å². The fourth-order valence-corrected chi connectivity index (χ4v) is 1.67. The first-order chi connectivity index (χ1) is 8.74. The van der Waals surface area contributed by atoms with Crippen molar-refractivity contribution in [1.29, 1.82) is 0 Å². The number of rotatable bonds is 4. The summed E-state index contributed by atoms with van der Waals surface area (Å²) in [5, 5.41) is 6.81. The van der Waals surface area contributed by atoms with E-state index in [2.05, 4.69) is 10.4 Å². The van der Waals surface area contributed by atoms with Crippen LogP contribution in [-0.2, 0) is 16.6 Å². The van der Waals surface area contributed by atoms with Gasteiger partial charge >= 0.3 is 6.09 Å². The molecule has 0 aromatic carbocycles. The number of carbonyl (C=O) groups is 2. The Labute approximate surface area is 113 Å². The summed E-state index contributed by atoms with van der Waals surface area (Å²) in [6.07, 6.45) is 2.07. The lowest BCUT2D eigenvalue weighted by Crippen LogP contribution is -2.35. The summed E-state index contributed by atoms with van der Waals surface area (Å²) in [4.78, 5) is 22.5. The molecule has 0 bridgehead atoms. The van der Waals surface area contributed by atoms with Gasteiger partial charge in [-0.25, -0.2) is 4.79 Å². The Bertz CT molecular complexity index is 460. The lowest BCUT2D eigenvalue weighted by molar-refractivity contribution is -0.108. The van der Waals surface area contributed by atoms with Gasteiger partial charge in [0.15, 0.2) is 0 Å². The van der Waals surface area contributed by atoms with Crippen molar-refractivity contribution in [3.05, 3.63) is 17.5 Å². The maximum atomic E-state index is 11.8. The number of aromatic nitrogens is 2. The molecule has 19 heavy (non-hydrogen) atoms. The van der Waals surface area contributed by atoms with Gasteiger partial charge in [0.05, 0.1) is 12.2 Å². The zero-order valence-corrected chi connectivity index (χ0v) is 12.1. The molecule has 1 aromatic rings. The Morgan fingerprint density at radius 3 is 2.63 bits per heavy atom. The highest BCUT2D eigenvalue weighted by atomic mass is 16.6. The lowest BCUT2D eigenvalue weighted by atomic mass is 10.1. The monoisotopic (exact) mass is 267 g/mol. The minimum Gasteiger partial charge on any atom is -0.444 e. The van der Waals surface area contributed by atoms with Gasteiger partial charge in [0.25, 0.3) is 0 Å². The molecule has 1 heterocycles. The van der Waals surface area contributed by atoms with Crippen molar-refractivity contribution in [1.82, 2.24) is 15.1 Å². The molecule has 0 unspecified atom stereocenters. The summed E-state index contributed by atoms with van der Waals surface area (Å²) in [7, 11) is 1.81. The van der Waals surface area contributed by atoms with Crippen LogP contribution in [0.5, 0.6) is 0 Å². The van der Waals surface area contributed by atoms with E-state index in [9.17, 15) is 9.59 Å². The number of aldehydes is 1. The van der Waals surface area contributed by atoms with Crippen molar-refractivity contribution < 1.29 is 14.3 Å². The topological polar surface area (TPSA) is 73.2 Å². The number of nitrogens with zero attached hydrogens (tertiary/aromatic N) is 2. The van der Waals surface area contributed by atoms with Crippen LogP contribution in [0.3, 0.4) is 0 Å². The van der Waals surface area contributed by atoms with Crippen molar-refractivity contribution in [2.75, 3.05) is 0 Å².